The van der Waals surface area contributed by atoms with Gasteiger partial charge in [0.2, 0.25) is 5.91 Å². The van der Waals surface area contributed by atoms with Gasteiger partial charge in [0.15, 0.2) is 0 Å². The van der Waals surface area contributed by atoms with E-state index in [1.807, 2.05) is 17.7 Å². The molecule has 1 N–H and O–H groups in total. The minimum atomic E-state index is -0.470. The number of hydrogen-bond acceptors (Lipinski definition) is 6. The van der Waals surface area contributed by atoms with Gasteiger partial charge in [-0.3, -0.25) is 9.69 Å². The molecule has 0 saturated carbocycles. The van der Waals surface area contributed by atoms with Gasteiger partial charge in [-0.15, -0.1) is 5.10 Å². The van der Waals surface area contributed by atoms with Crippen molar-refractivity contribution in [1.82, 2.24) is 19.9 Å². The van der Waals surface area contributed by atoms with E-state index in [4.69, 9.17) is 4.74 Å². The third kappa shape index (κ3) is 4.18. The smallest absolute Gasteiger partial charge is 0.339 e. The fourth-order valence-electron chi connectivity index (χ4n) is 3.92. The summed E-state index contributed by atoms with van der Waals surface area (Å²) in [5.74, 6) is -0.617. The van der Waals surface area contributed by atoms with Crippen LogP contribution in [0, 0.1) is 6.92 Å². The minimum Gasteiger partial charge on any atom is -0.465 e. The van der Waals surface area contributed by atoms with E-state index in [0.29, 0.717) is 11.3 Å². The molecule has 0 radical (unpaired) electrons. The highest BCUT2D eigenvalue weighted by atomic mass is 16.5. The van der Waals surface area contributed by atoms with Gasteiger partial charge in [0.25, 0.3) is 0 Å². The Bertz CT molecular complexity index is 1070. The van der Waals surface area contributed by atoms with E-state index in [0.717, 1.165) is 37.0 Å². The lowest BCUT2D eigenvalue weighted by atomic mass is 10.0. The van der Waals surface area contributed by atoms with Crippen molar-refractivity contribution in [2.75, 3.05) is 32.1 Å². The van der Waals surface area contributed by atoms with Gasteiger partial charge in [-0.1, -0.05) is 23.4 Å². The predicted molar refractivity (Wildman–Crippen MR) is 113 cm³/mol. The molecule has 1 aromatic heterocycles. The Morgan fingerprint density at radius 3 is 2.70 bits per heavy atom. The number of rotatable bonds is 5. The van der Waals surface area contributed by atoms with Crippen LogP contribution in [0.3, 0.4) is 0 Å². The molecule has 0 aliphatic carbocycles. The van der Waals surface area contributed by atoms with Crippen molar-refractivity contribution in [3.8, 4) is 0 Å². The SMILES string of the molecule is COC(=O)c1ccccc1NC(=O)CN1CCC(n2nnc3cc(C)ccc32)CC1. The number of para-hydroxylation sites is 1. The Morgan fingerprint density at radius 2 is 1.93 bits per heavy atom. The second-order valence-corrected chi connectivity index (χ2v) is 7.62. The number of fused-ring (bicyclic) bond motifs is 1. The quantitative estimate of drug-likeness (QED) is 0.654. The van der Waals surface area contributed by atoms with Gasteiger partial charge in [-0.2, -0.15) is 0 Å². The molecule has 2 heterocycles. The normalized spacial score (nSPS) is 15.3. The molecule has 0 spiro atoms. The summed E-state index contributed by atoms with van der Waals surface area (Å²) >= 11 is 0. The van der Waals surface area contributed by atoms with Gasteiger partial charge >= 0.3 is 5.97 Å². The predicted octanol–water partition coefficient (Wildman–Crippen LogP) is 2.80. The number of methoxy groups -OCH3 is 1. The van der Waals surface area contributed by atoms with Crippen molar-refractivity contribution in [3.63, 3.8) is 0 Å². The van der Waals surface area contributed by atoms with Gasteiger partial charge in [0.05, 0.1) is 36.5 Å². The van der Waals surface area contributed by atoms with E-state index in [-0.39, 0.29) is 18.5 Å². The minimum absolute atomic E-state index is 0.147. The Balaban J connectivity index is 1.35. The van der Waals surface area contributed by atoms with Gasteiger partial charge < -0.3 is 10.1 Å². The number of aryl methyl sites for hydroxylation is 1. The summed E-state index contributed by atoms with van der Waals surface area (Å²) in [7, 11) is 1.32. The Morgan fingerprint density at radius 1 is 1.17 bits per heavy atom. The molecular weight excluding hydrogens is 382 g/mol. The van der Waals surface area contributed by atoms with Crippen molar-refractivity contribution in [2.45, 2.75) is 25.8 Å². The maximum Gasteiger partial charge on any atom is 0.339 e. The Labute approximate surface area is 174 Å². The first kappa shape index (κ1) is 20.0. The van der Waals surface area contributed by atoms with Crippen LogP contribution in [0.15, 0.2) is 42.5 Å². The number of ether oxygens (including phenoxy) is 1. The first-order chi connectivity index (χ1) is 14.5. The molecular formula is C22H25N5O3. The number of benzene rings is 2. The van der Waals surface area contributed by atoms with Crippen molar-refractivity contribution in [2.24, 2.45) is 0 Å². The number of carbonyl (C=O) groups excluding carboxylic acids is 2. The van der Waals surface area contributed by atoms with Crippen LogP contribution in [-0.2, 0) is 9.53 Å². The molecule has 1 saturated heterocycles. The van der Waals surface area contributed by atoms with Crippen molar-refractivity contribution in [3.05, 3.63) is 53.6 Å². The second-order valence-electron chi connectivity index (χ2n) is 7.62. The van der Waals surface area contributed by atoms with Crippen LogP contribution in [0.4, 0.5) is 5.69 Å². The van der Waals surface area contributed by atoms with E-state index in [9.17, 15) is 9.59 Å². The number of anilines is 1. The van der Waals surface area contributed by atoms with Crippen LogP contribution in [0.25, 0.3) is 11.0 Å². The lowest BCUT2D eigenvalue weighted by Crippen LogP contribution is -2.40. The van der Waals surface area contributed by atoms with E-state index in [1.54, 1.807) is 24.3 Å². The molecule has 3 aromatic rings. The largest absolute Gasteiger partial charge is 0.465 e. The second kappa shape index (κ2) is 8.62. The summed E-state index contributed by atoms with van der Waals surface area (Å²) in [5, 5.41) is 11.5. The molecule has 2 aromatic carbocycles. The van der Waals surface area contributed by atoms with Crippen LogP contribution in [0.5, 0.6) is 0 Å². The molecule has 8 nitrogen and oxygen atoms in total. The van der Waals surface area contributed by atoms with Gasteiger partial charge in [-0.05, 0) is 49.6 Å². The standard InChI is InChI=1S/C22H25N5O3/c1-15-7-8-20-19(13-15)24-25-27(20)16-9-11-26(12-10-16)14-21(28)23-18-6-4-3-5-17(18)22(29)30-2/h3-8,13,16H,9-12,14H2,1-2H3,(H,23,28). The fraction of sp³-hybridized carbons (Fsp3) is 0.364. The van der Waals surface area contributed by atoms with E-state index < -0.39 is 5.97 Å². The van der Waals surface area contributed by atoms with Crippen LogP contribution in [-0.4, -0.2) is 58.5 Å². The fourth-order valence-corrected chi connectivity index (χ4v) is 3.92. The molecule has 0 bridgehead atoms. The molecule has 0 unspecified atom stereocenters. The number of amides is 1. The van der Waals surface area contributed by atoms with Crippen molar-refractivity contribution < 1.29 is 14.3 Å². The third-order valence-electron chi connectivity index (χ3n) is 5.50. The third-order valence-corrected chi connectivity index (χ3v) is 5.50. The number of aromatic nitrogens is 3. The molecule has 4 rings (SSSR count). The number of carbonyl (C=O) groups is 2. The molecule has 1 amide bonds. The highest BCUT2D eigenvalue weighted by molar-refractivity contribution is 6.01. The molecule has 1 aliphatic rings. The number of nitrogens with zero attached hydrogens (tertiary/aromatic N) is 4. The number of hydrogen-bond donors (Lipinski definition) is 1. The lowest BCUT2D eigenvalue weighted by molar-refractivity contribution is -0.117. The number of likely N-dealkylation sites (tertiary alicyclic amines) is 1. The van der Waals surface area contributed by atoms with Crippen LogP contribution >= 0.6 is 0 Å². The topological polar surface area (TPSA) is 89.4 Å². The molecule has 1 fully saturated rings. The zero-order valence-corrected chi connectivity index (χ0v) is 17.2. The molecule has 30 heavy (non-hydrogen) atoms. The van der Waals surface area contributed by atoms with Crippen LogP contribution in [0.1, 0.15) is 34.8 Å². The lowest BCUT2D eigenvalue weighted by Gasteiger charge is -2.31. The van der Waals surface area contributed by atoms with Gasteiger partial charge in [0, 0.05) is 13.1 Å². The van der Waals surface area contributed by atoms with E-state index in [2.05, 4.69) is 32.7 Å². The first-order valence-corrected chi connectivity index (χ1v) is 10.1. The summed E-state index contributed by atoms with van der Waals surface area (Å²) in [6.07, 6.45) is 1.80. The maximum atomic E-state index is 12.5. The molecule has 0 atom stereocenters. The van der Waals surface area contributed by atoms with Crippen molar-refractivity contribution >= 4 is 28.6 Å². The number of esters is 1. The zero-order chi connectivity index (χ0) is 21.1. The number of nitrogens with one attached hydrogen (secondary N) is 1. The summed E-state index contributed by atoms with van der Waals surface area (Å²) in [4.78, 5) is 26.5. The van der Waals surface area contributed by atoms with Crippen molar-refractivity contribution in [1.29, 1.82) is 0 Å². The van der Waals surface area contributed by atoms with Gasteiger partial charge in [0.1, 0.15) is 5.52 Å². The summed E-state index contributed by atoms with van der Waals surface area (Å²) in [6, 6.07) is 13.3. The Hall–Kier alpha value is -3.26. The van der Waals surface area contributed by atoms with Gasteiger partial charge in [-0.25, -0.2) is 9.48 Å². The molecule has 1 aliphatic heterocycles. The Kier molecular flexibility index (Phi) is 5.76. The molecule has 156 valence electrons. The van der Waals surface area contributed by atoms with Crippen LogP contribution in [0.2, 0.25) is 0 Å². The summed E-state index contributed by atoms with van der Waals surface area (Å²) in [6.45, 7) is 3.92. The first-order valence-electron chi connectivity index (χ1n) is 10.1. The summed E-state index contributed by atoms with van der Waals surface area (Å²) in [5.41, 5.74) is 3.95. The van der Waals surface area contributed by atoms with E-state index in [1.165, 1.54) is 12.7 Å². The maximum absolute atomic E-state index is 12.5. The number of piperidine rings is 1. The summed E-state index contributed by atoms with van der Waals surface area (Å²) < 4.78 is 6.79. The monoisotopic (exact) mass is 407 g/mol. The molecule has 8 heteroatoms. The highest BCUT2D eigenvalue weighted by Gasteiger charge is 2.24. The van der Waals surface area contributed by atoms with E-state index >= 15 is 0 Å². The average Bonchev–Trinajstić information content (AvgIpc) is 3.17. The van der Waals surface area contributed by atoms with Crippen LogP contribution < -0.4 is 5.32 Å². The zero-order valence-electron chi connectivity index (χ0n) is 17.2. The highest BCUT2D eigenvalue weighted by Crippen LogP contribution is 2.26. The average molecular weight is 407 g/mol.